The summed E-state index contributed by atoms with van der Waals surface area (Å²) in [5.74, 6) is 0.720. The highest BCUT2D eigenvalue weighted by atomic mass is 16.5. The van der Waals surface area contributed by atoms with Crippen LogP contribution >= 0.6 is 0 Å². The minimum Gasteiger partial charge on any atom is -0.480 e. The van der Waals surface area contributed by atoms with Crippen molar-refractivity contribution in [2.75, 3.05) is 32.1 Å². The van der Waals surface area contributed by atoms with Gasteiger partial charge in [0.1, 0.15) is 5.69 Å². The Balaban J connectivity index is 1.94. The number of hydrogen-bond acceptors (Lipinski definition) is 4. The molecule has 0 atom stereocenters. The first-order valence-electron chi connectivity index (χ1n) is 6.40. The summed E-state index contributed by atoms with van der Waals surface area (Å²) in [6.45, 7) is 1.53. The zero-order chi connectivity index (χ0) is 13.7. The molecule has 2 rings (SSSR count). The van der Waals surface area contributed by atoms with E-state index in [9.17, 15) is 4.79 Å². The van der Waals surface area contributed by atoms with Gasteiger partial charge in [-0.15, -0.1) is 0 Å². The Hall–Kier alpha value is -1.82. The number of anilines is 1. The van der Waals surface area contributed by atoms with E-state index in [2.05, 4.69) is 10.3 Å². The van der Waals surface area contributed by atoms with Crippen LogP contribution in [0, 0.1) is 5.92 Å². The highest BCUT2D eigenvalue weighted by Crippen LogP contribution is 2.22. The van der Waals surface area contributed by atoms with E-state index in [0.29, 0.717) is 30.6 Å². The Morgan fingerprint density at radius 1 is 1.58 bits per heavy atom. The summed E-state index contributed by atoms with van der Waals surface area (Å²) in [6, 6.07) is 3.35. The van der Waals surface area contributed by atoms with Gasteiger partial charge in [-0.3, -0.25) is 0 Å². The van der Waals surface area contributed by atoms with Crippen molar-refractivity contribution in [2.24, 2.45) is 5.92 Å². The molecule has 19 heavy (non-hydrogen) atoms. The minimum absolute atomic E-state index is 0.150. The number of aliphatic hydroxyl groups is 1. The van der Waals surface area contributed by atoms with Crippen molar-refractivity contribution in [1.29, 1.82) is 0 Å². The molecule has 6 heteroatoms. The number of rotatable bonds is 3. The number of nitrogens with one attached hydrogen (secondary N) is 1. The quantitative estimate of drug-likeness (QED) is 0.864. The molecule has 6 nitrogen and oxygen atoms in total. The standard InChI is InChI=1S/C13H19N3O3/c1-19-12-11(3-2-6-14-12)15-13(18)16-7-4-10(9-17)5-8-16/h2-3,6,10,17H,4-5,7-9H2,1H3,(H,15,18). The summed E-state index contributed by atoms with van der Waals surface area (Å²) in [5, 5.41) is 11.9. The second-order valence-electron chi connectivity index (χ2n) is 4.60. The Labute approximate surface area is 112 Å². The second-order valence-corrected chi connectivity index (χ2v) is 4.60. The van der Waals surface area contributed by atoms with Gasteiger partial charge in [-0.25, -0.2) is 9.78 Å². The normalized spacial score (nSPS) is 16.2. The van der Waals surface area contributed by atoms with Crippen LogP contribution in [-0.4, -0.2) is 47.8 Å². The topological polar surface area (TPSA) is 74.7 Å². The van der Waals surface area contributed by atoms with E-state index in [1.807, 2.05) is 0 Å². The molecular weight excluding hydrogens is 246 g/mol. The SMILES string of the molecule is COc1ncccc1NC(=O)N1CCC(CO)CC1. The van der Waals surface area contributed by atoms with E-state index in [1.165, 1.54) is 7.11 Å². The van der Waals surface area contributed by atoms with E-state index in [4.69, 9.17) is 9.84 Å². The van der Waals surface area contributed by atoms with Crippen LogP contribution < -0.4 is 10.1 Å². The zero-order valence-electron chi connectivity index (χ0n) is 11.0. The van der Waals surface area contributed by atoms with Gasteiger partial charge >= 0.3 is 6.03 Å². The van der Waals surface area contributed by atoms with Crippen LogP contribution in [0.4, 0.5) is 10.5 Å². The molecule has 1 saturated heterocycles. The third-order valence-electron chi connectivity index (χ3n) is 3.37. The van der Waals surface area contributed by atoms with E-state index in [-0.39, 0.29) is 12.6 Å². The zero-order valence-corrected chi connectivity index (χ0v) is 11.0. The van der Waals surface area contributed by atoms with Gasteiger partial charge in [-0.05, 0) is 30.9 Å². The predicted octanol–water partition coefficient (Wildman–Crippen LogP) is 1.33. The Kier molecular flexibility index (Phi) is 4.57. The lowest BCUT2D eigenvalue weighted by Crippen LogP contribution is -2.41. The van der Waals surface area contributed by atoms with Gasteiger partial charge < -0.3 is 20.1 Å². The van der Waals surface area contributed by atoms with Crippen molar-refractivity contribution in [2.45, 2.75) is 12.8 Å². The van der Waals surface area contributed by atoms with Gasteiger partial charge in [-0.2, -0.15) is 0 Å². The van der Waals surface area contributed by atoms with Crippen molar-refractivity contribution in [3.63, 3.8) is 0 Å². The van der Waals surface area contributed by atoms with Crippen LogP contribution in [0.3, 0.4) is 0 Å². The molecule has 2 amide bonds. The maximum atomic E-state index is 12.1. The van der Waals surface area contributed by atoms with Gasteiger partial charge in [0.2, 0.25) is 5.88 Å². The third-order valence-corrected chi connectivity index (χ3v) is 3.37. The highest BCUT2D eigenvalue weighted by molar-refractivity contribution is 5.90. The van der Waals surface area contributed by atoms with Gasteiger partial charge in [0, 0.05) is 25.9 Å². The van der Waals surface area contributed by atoms with Crippen LogP contribution in [0.25, 0.3) is 0 Å². The molecule has 104 valence electrons. The van der Waals surface area contributed by atoms with Crippen molar-refractivity contribution < 1.29 is 14.6 Å². The summed E-state index contributed by atoms with van der Waals surface area (Å²) in [6.07, 6.45) is 3.30. The molecule has 0 bridgehead atoms. The van der Waals surface area contributed by atoms with Crippen molar-refractivity contribution >= 4 is 11.7 Å². The molecular formula is C13H19N3O3. The van der Waals surface area contributed by atoms with Crippen LogP contribution in [0.15, 0.2) is 18.3 Å². The fourth-order valence-corrected chi connectivity index (χ4v) is 2.16. The Morgan fingerprint density at radius 3 is 2.95 bits per heavy atom. The summed E-state index contributed by atoms with van der Waals surface area (Å²) in [4.78, 5) is 17.9. The van der Waals surface area contributed by atoms with Crippen LogP contribution in [0.1, 0.15) is 12.8 Å². The number of ether oxygens (including phenoxy) is 1. The number of methoxy groups -OCH3 is 1. The Bertz CT molecular complexity index is 431. The van der Waals surface area contributed by atoms with Crippen LogP contribution in [0.2, 0.25) is 0 Å². The van der Waals surface area contributed by atoms with Crippen LogP contribution in [0.5, 0.6) is 5.88 Å². The van der Waals surface area contributed by atoms with E-state index in [1.54, 1.807) is 23.2 Å². The van der Waals surface area contributed by atoms with Gasteiger partial charge in [0.25, 0.3) is 0 Å². The number of carbonyl (C=O) groups excluding carboxylic acids is 1. The van der Waals surface area contributed by atoms with E-state index >= 15 is 0 Å². The average molecular weight is 265 g/mol. The highest BCUT2D eigenvalue weighted by Gasteiger charge is 2.22. The van der Waals surface area contributed by atoms with E-state index < -0.39 is 0 Å². The monoisotopic (exact) mass is 265 g/mol. The number of likely N-dealkylation sites (tertiary alicyclic amines) is 1. The summed E-state index contributed by atoms with van der Waals surface area (Å²) in [5.41, 5.74) is 0.569. The molecule has 0 radical (unpaired) electrons. The average Bonchev–Trinajstić information content (AvgIpc) is 2.48. The molecule has 0 aliphatic carbocycles. The Morgan fingerprint density at radius 2 is 2.32 bits per heavy atom. The van der Waals surface area contributed by atoms with Gasteiger partial charge in [0.05, 0.1) is 7.11 Å². The predicted molar refractivity (Wildman–Crippen MR) is 71.2 cm³/mol. The molecule has 0 spiro atoms. The molecule has 1 aliphatic rings. The minimum atomic E-state index is -0.150. The summed E-state index contributed by atoms with van der Waals surface area (Å²) in [7, 11) is 1.52. The summed E-state index contributed by atoms with van der Waals surface area (Å²) < 4.78 is 5.09. The smallest absolute Gasteiger partial charge is 0.321 e. The summed E-state index contributed by atoms with van der Waals surface area (Å²) >= 11 is 0. The number of amides is 2. The second kappa shape index (κ2) is 6.38. The van der Waals surface area contributed by atoms with Crippen molar-refractivity contribution in [1.82, 2.24) is 9.88 Å². The molecule has 1 aromatic rings. The van der Waals surface area contributed by atoms with Crippen molar-refractivity contribution in [3.8, 4) is 5.88 Å². The maximum Gasteiger partial charge on any atom is 0.321 e. The van der Waals surface area contributed by atoms with Crippen molar-refractivity contribution in [3.05, 3.63) is 18.3 Å². The van der Waals surface area contributed by atoms with Gasteiger partial charge in [0.15, 0.2) is 0 Å². The van der Waals surface area contributed by atoms with Gasteiger partial charge in [-0.1, -0.05) is 0 Å². The number of urea groups is 1. The number of piperidine rings is 1. The fraction of sp³-hybridized carbons (Fsp3) is 0.538. The third kappa shape index (κ3) is 3.35. The first-order valence-corrected chi connectivity index (χ1v) is 6.40. The first kappa shape index (κ1) is 13.6. The van der Waals surface area contributed by atoms with Crippen LogP contribution in [-0.2, 0) is 0 Å². The molecule has 1 aliphatic heterocycles. The molecule has 0 saturated carbocycles. The lowest BCUT2D eigenvalue weighted by Gasteiger charge is -2.31. The molecule has 1 aromatic heterocycles. The number of carbonyl (C=O) groups is 1. The number of aliphatic hydroxyl groups excluding tert-OH is 1. The number of nitrogens with zero attached hydrogens (tertiary/aromatic N) is 2. The van der Waals surface area contributed by atoms with E-state index in [0.717, 1.165) is 12.8 Å². The number of aromatic nitrogens is 1. The molecule has 2 heterocycles. The first-order chi connectivity index (χ1) is 9.24. The molecule has 0 aromatic carbocycles. The molecule has 0 unspecified atom stereocenters. The lowest BCUT2D eigenvalue weighted by molar-refractivity contribution is 0.143. The maximum absolute atomic E-state index is 12.1. The largest absolute Gasteiger partial charge is 0.480 e. The number of hydrogen-bond donors (Lipinski definition) is 2. The molecule has 1 fully saturated rings. The molecule has 2 N–H and O–H groups in total. The fourth-order valence-electron chi connectivity index (χ4n) is 2.16. The lowest BCUT2D eigenvalue weighted by atomic mass is 9.98. The number of pyridine rings is 1.